The molecule has 2 heterocycles. The lowest BCUT2D eigenvalue weighted by atomic mass is 10.1. The summed E-state index contributed by atoms with van der Waals surface area (Å²) in [5.74, 6) is -0.705. The maximum atomic E-state index is 13.6. The summed E-state index contributed by atoms with van der Waals surface area (Å²) in [4.78, 5) is 32.8. The summed E-state index contributed by atoms with van der Waals surface area (Å²) < 4.78 is 13.6. The number of benzene rings is 1. The summed E-state index contributed by atoms with van der Waals surface area (Å²) in [5.41, 5.74) is 0.735. The number of aliphatic hydroxyl groups is 1. The predicted octanol–water partition coefficient (Wildman–Crippen LogP) is 2.13. The average Bonchev–Trinajstić information content (AvgIpc) is 2.87. The Kier molecular flexibility index (Phi) is 5.15. The number of rotatable bonds is 5. The van der Waals surface area contributed by atoms with Crippen LogP contribution in [0.3, 0.4) is 0 Å². The highest BCUT2D eigenvalue weighted by atomic mass is 32.1. The Bertz CT molecular complexity index is 1030. The fourth-order valence-electron chi connectivity index (χ4n) is 2.66. The molecule has 1 amide bonds. The van der Waals surface area contributed by atoms with Gasteiger partial charge in [0.15, 0.2) is 0 Å². The Morgan fingerprint density at radius 2 is 2.12 bits per heavy atom. The number of aromatic amines is 1. The van der Waals surface area contributed by atoms with Crippen LogP contribution in [0.15, 0.2) is 29.1 Å². The Morgan fingerprint density at radius 3 is 2.85 bits per heavy atom. The average molecular weight is 375 g/mol. The van der Waals surface area contributed by atoms with E-state index in [0.717, 1.165) is 10.4 Å². The lowest BCUT2D eigenvalue weighted by molar-refractivity contribution is -0.121. The van der Waals surface area contributed by atoms with E-state index < -0.39 is 17.8 Å². The Balaban J connectivity index is 1.68. The van der Waals surface area contributed by atoms with E-state index in [4.69, 9.17) is 0 Å². The van der Waals surface area contributed by atoms with Gasteiger partial charge in [0.1, 0.15) is 16.5 Å². The highest BCUT2D eigenvalue weighted by Gasteiger charge is 2.16. The Hall–Kier alpha value is -2.58. The summed E-state index contributed by atoms with van der Waals surface area (Å²) in [7, 11) is 0. The van der Waals surface area contributed by atoms with Crippen LogP contribution in [0, 0.1) is 19.7 Å². The molecule has 3 rings (SSSR count). The lowest BCUT2D eigenvalue weighted by Gasteiger charge is -2.12. The molecule has 0 unspecified atom stereocenters. The first-order valence-corrected chi connectivity index (χ1v) is 8.86. The van der Waals surface area contributed by atoms with Crippen molar-refractivity contribution < 1.29 is 14.3 Å². The first-order chi connectivity index (χ1) is 12.4. The van der Waals surface area contributed by atoms with Gasteiger partial charge >= 0.3 is 0 Å². The normalized spacial score (nSPS) is 12.3. The number of H-pyrrole nitrogens is 1. The summed E-state index contributed by atoms with van der Waals surface area (Å²) >= 11 is 1.41. The van der Waals surface area contributed by atoms with Crippen LogP contribution in [-0.2, 0) is 11.2 Å². The molecule has 0 saturated carbocycles. The van der Waals surface area contributed by atoms with E-state index in [1.807, 2.05) is 13.8 Å². The first kappa shape index (κ1) is 18.2. The van der Waals surface area contributed by atoms with Crippen LogP contribution in [0.2, 0.25) is 0 Å². The van der Waals surface area contributed by atoms with Crippen LogP contribution in [0.1, 0.15) is 27.9 Å². The fraction of sp³-hybridized carbons (Fsp3) is 0.278. The second-order valence-electron chi connectivity index (χ2n) is 5.99. The zero-order valence-corrected chi connectivity index (χ0v) is 15.1. The van der Waals surface area contributed by atoms with E-state index in [2.05, 4.69) is 15.3 Å². The number of carbonyl (C=O) groups is 1. The van der Waals surface area contributed by atoms with E-state index in [-0.39, 0.29) is 29.9 Å². The molecule has 0 aliphatic carbocycles. The predicted molar refractivity (Wildman–Crippen MR) is 97.8 cm³/mol. The molecule has 3 N–H and O–H groups in total. The third-order valence-corrected chi connectivity index (χ3v) is 5.27. The van der Waals surface area contributed by atoms with Gasteiger partial charge in [-0.15, -0.1) is 11.3 Å². The van der Waals surface area contributed by atoms with Crippen molar-refractivity contribution in [2.75, 3.05) is 6.54 Å². The molecule has 0 aliphatic rings. The number of hydrogen-bond donors (Lipinski definition) is 3. The van der Waals surface area contributed by atoms with Crippen LogP contribution in [0.25, 0.3) is 10.2 Å². The number of thiophene rings is 1. The molecule has 8 heteroatoms. The number of amides is 1. The van der Waals surface area contributed by atoms with Crippen molar-refractivity contribution >= 4 is 27.5 Å². The molecule has 1 atom stereocenters. The maximum absolute atomic E-state index is 13.6. The van der Waals surface area contributed by atoms with Gasteiger partial charge in [0.2, 0.25) is 5.91 Å². The molecule has 0 radical (unpaired) electrons. The van der Waals surface area contributed by atoms with Gasteiger partial charge in [0.25, 0.3) is 5.56 Å². The third-order valence-electron chi connectivity index (χ3n) is 4.17. The van der Waals surface area contributed by atoms with Gasteiger partial charge in [-0.3, -0.25) is 9.59 Å². The summed E-state index contributed by atoms with van der Waals surface area (Å²) in [6.07, 6.45) is -1.29. The highest BCUT2D eigenvalue weighted by Crippen LogP contribution is 2.25. The number of fused-ring (bicyclic) bond motifs is 1. The van der Waals surface area contributed by atoms with E-state index in [1.54, 1.807) is 6.07 Å². The molecular formula is C18H18FN3O3S. The van der Waals surface area contributed by atoms with Crippen LogP contribution < -0.4 is 10.9 Å². The Morgan fingerprint density at radius 1 is 1.38 bits per heavy atom. The summed E-state index contributed by atoms with van der Waals surface area (Å²) in [6.45, 7) is 3.64. The summed E-state index contributed by atoms with van der Waals surface area (Å²) in [5, 5.41) is 13.1. The first-order valence-electron chi connectivity index (χ1n) is 8.05. The summed E-state index contributed by atoms with van der Waals surface area (Å²) in [6, 6.07) is 5.84. The molecule has 0 bridgehead atoms. The highest BCUT2D eigenvalue weighted by molar-refractivity contribution is 7.18. The van der Waals surface area contributed by atoms with E-state index in [1.165, 1.54) is 29.5 Å². The molecule has 0 spiro atoms. The molecule has 26 heavy (non-hydrogen) atoms. The number of aromatic nitrogens is 2. The zero-order valence-electron chi connectivity index (χ0n) is 14.3. The van der Waals surface area contributed by atoms with E-state index in [0.29, 0.717) is 10.2 Å². The van der Waals surface area contributed by atoms with Gasteiger partial charge in [-0.05, 0) is 25.5 Å². The van der Waals surface area contributed by atoms with Crippen molar-refractivity contribution in [1.29, 1.82) is 0 Å². The smallest absolute Gasteiger partial charge is 0.259 e. The maximum Gasteiger partial charge on any atom is 0.259 e. The standard InChI is InChI=1S/C18H18FN3O3S/c1-9-10(2)26-18-16(9)17(25)21-14(22-18)7-15(24)20-8-13(23)11-5-3-4-6-12(11)19/h3-6,13,23H,7-8H2,1-2H3,(H,20,24)(H,21,22,25)/t13-/m1/s1. The zero-order chi connectivity index (χ0) is 18.8. The quantitative estimate of drug-likeness (QED) is 0.637. The van der Waals surface area contributed by atoms with Crippen molar-refractivity contribution in [2.24, 2.45) is 0 Å². The van der Waals surface area contributed by atoms with Gasteiger partial charge in [0.05, 0.1) is 17.9 Å². The van der Waals surface area contributed by atoms with Crippen molar-refractivity contribution in [3.63, 3.8) is 0 Å². The molecule has 0 saturated heterocycles. The molecule has 0 fully saturated rings. The number of aliphatic hydroxyl groups excluding tert-OH is 1. The van der Waals surface area contributed by atoms with Gasteiger partial charge in [-0.1, -0.05) is 18.2 Å². The monoisotopic (exact) mass is 375 g/mol. The number of aryl methyl sites for hydroxylation is 2. The van der Waals surface area contributed by atoms with E-state index in [9.17, 15) is 19.1 Å². The SMILES string of the molecule is Cc1sc2nc(CC(=O)NC[C@@H](O)c3ccccc3F)[nH]c(=O)c2c1C. The minimum Gasteiger partial charge on any atom is -0.386 e. The molecule has 3 aromatic rings. The molecule has 1 aromatic carbocycles. The van der Waals surface area contributed by atoms with Crippen LogP contribution in [0.5, 0.6) is 0 Å². The molecule has 2 aromatic heterocycles. The molecule has 136 valence electrons. The van der Waals surface area contributed by atoms with Crippen molar-refractivity contribution in [3.8, 4) is 0 Å². The molecular weight excluding hydrogens is 357 g/mol. The fourth-order valence-corrected chi connectivity index (χ4v) is 3.71. The van der Waals surface area contributed by atoms with Crippen LogP contribution in [-0.4, -0.2) is 27.5 Å². The third kappa shape index (κ3) is 3.66. The lowest BCUT2D eigenvalue weighted by Crippen LogP contribution is -2.31. The number of halogens is 1. The number of nitrogens with zero attached hydrogens (tertiary/aromatic N) is 1. The molecule has 0 aliphatic heterocycles. The Labute approximate surface area is 152 Å². The van der Waals surface area contributed by atoms with Gasteiger partial charge in [-0.25, -0.2) is 9.37 Å². The van der Waals surface area contributed by atoms with E-state index >= 15 is 0 Å². The van der Waals surface area contributed by atoms with Crippen LogP contribution in [0.4, 0.5) is 4.39 Å². The number of nitrogens with one attached hydrogen (secondary N) is 2. The van der Waals surface area contributed by atoms with Gasteiger partial charge in [0, 0.05) is 17.0 Å². The van der Waals surface area contributed by atoms with Crippen LogP contribution >= 0.6 is 11.3 Å². The topological polar surface area (TPSA) is 95.1 Å². The number of carbonyl (C=O) groups excluding carboxylic acids is 1. The van der Waals surface area contributed by atoms with Gasteiger partial charge < -0.3 is 15.4 Å². The second kappa shape index (κ2) is 7.35. The van der Waals surface area contributed by atoms with Crippen molar-refractivity contribution in [2.45, 2.75) is 26.4 Å². The minimum atomic E-state index is -1.16. The van der Waals surface area contributed by atoms with Crippen molar-refractivity contribution in [1.82, 2.24) is 15.3 Å². The second-order valence-corrected chi connectivity index (χ2v) is 7.20. The molecule has 6 nitrogen and oxygen atoms in total. The minimum absolute atomic E-state index is 0.116. The van der Waals surface area contributed by atoms with Gasteiger partial charge in [-0.2, -0.15) is 0 Å². The van der Waals surface area contributed by atoms with Crippen molar-refractivity contribution in [3.05, 3.63) is 62.3 Å². The largest absolute Gasteiger partial charge is 0.386 e. The number of hydrogen-bond acceptors (Lipinski definition) is 5.